The zero-order valence-corrected chi connectivity index (χ0v) is 16.5. The number of hydrogen-bond donors (Lipinski definition) is 4. The molecule has 0 bridgehead atoms. The van der Waals surface area contributed by atoms with Gasteiger partial charge in [-0.1, -0.05) is 20.4 Å². The number of carbonyl (C=O) groups excluding carboxylic acids is 1. The van der Waals surface area contributed by atoms with Crippen molar-refractivity contribution in [2.45, 2.75) is 26.4 Å². The molecule has 0 aliphatic carbocycles. The second-order valence-electron chi connectivity index (χ2n) is 5.93. The molecule has 2 atom stereocenters. The quantitative estimate of drug-likeness (QED) is 0.275. The van der Waals surface area contributed by atoms with Crippen LogP contribution in [-0.2, 0) is 18.4 Å². The van der Waals surface area contributed by atoms with E-state index in [0.717, 1.165) is 5.75 Å². The topological polar surface area (TPSA) is 123 Å². The van der Waals surface area contributed by atoms with Gasteiger partial charge < -0.3 is 20.3 Å². The summed E-state index contributed by atoms with van der Waals surface area (Å²) in [6.07, 6.45) is 1.27. The van der Waals surface area contributed by atoms with Crippen LogP contribution in [0.4, 0.5) is 0 Å². The normalized spacial score (nSPS) is 15.4. The Kier molecular flexibility index (Phi) is 10.9. The molecule has 0 spiro atoms. The maximum absolute atomic E-state index is 11.6. The first-order valence-corrected chi connectivity index (χ1v) is 10.5. The van der Waals surface area contributed by atoms with Crippen LogP contribution >= 0.6 is 19.5 Å². The summed E-state index contributed by atoms with van der Waals surface area (Å²) in [5, 5.41) is 16.0. The van der Waals surface area contributed by atoms with E-state index in [1.807, 2.05) is 6.26 Å². The van der Waals surface area contributed by atoms with Crippen LogP contribution in [0.15, 0.2) is 12.3 Å². The zero-order chi connectivity index (χ0) is 18.8. The summed E-state index contributed by atoms with van der Waals surface area (Å²) in [5.74, 6) is 0.802. The minimum absolute atomic E-state index is 0.0643. The summed E-state index contributed by atoms with van der Waals surface area (Å²) in [6, 6.07) is 0. The first-order chi connectivity index (χ1) is 11.1. The van der Waals surface area contributed by atoms with Crippen LogP contribution in [0.5, 0.6) is 0 Å². The van der Waals surface area contributed by atoms with Crippen LogP contribution in [0.25, 0.3) is 0 Å². The smallest absolute Gasteiger partial charge is 0.386 e. The number of nitrogens with two attached hydrogens (primary N) is 1. The van der Waals surface area contributed by atoms with Gasteiger partial charge in [-0.15, -0.1) is 0 Å². The minimum Gasteiger partial charge on any atom is -0.386 e. The van der Waals surface area contributed by atoms with Crippen LogP contribution < -0.4 is 16.1 Å². The fourth-order valence-corrected chi connectivity index (χ4v) is 2.60. The number of carbonyl (C=O) groups is 1. The number of thioether (sulfide) groups is 1. The number of aliphatic hydroxyl groups excluding tert-OH is 1. The molecule has 0 saturated heterocycles. The molecule has 5 N–H and O–H groups in total. The molecule has 24 heavy (non-hydrogen) atoms. The number of amides is 1. The summed E-state index contributed by atoms with van der Waals surface area (Å²) in [6.45, 7) is 8.12. The van der Waals surface area contributed by atoms with E-state index in [0.29, 0.717) is 18.8 Å². The molecule has 142 valence electrons. The van der Waals surface area contributed by atoms with Crippen LogP contribution in [0, 0.1) is 5.41 Å². The van der Waals surface area contributed by atoms with Crippen molar-refractivity contribution >= 4 is 25.4 Å². The molecule has 10 heteroatoms. The Balaban J connectivity index is 4.25. The molecular weight excluding hydrogens is 353 g/mol. The molecule has 0 fully saturated rings. The van der Waals surface area contributed by atoms with Gasteiger partial charge in [-0.2, -0.15) is 11.8 Å². The van der Waals surface area contributed by atoms with Gasteiger partial charge in [0.05, 0.1) is 6.61 Å². The first kappa shape index (κ1) is 23.4. The summed E-state index contributed by atoms with van der Waals surface area (Å²) in [7, 11) is -2.41. The van der Waals surface area contributed by atoms with Crippen LogP contribution in [-0.4, -0.2) is 55.9 Å². The molecule has 0 aromatic carbocycles. The van der Waals surface area contributed by atoms with E-state index in [1.165, 1.54) is 7.11 Å². The summed E-state index contributed by atoms with van der Waals surface area (Å²) < 4.78 is 21.1. The lowest BCUT2D eigenvalue weighted by Gasteiger charge is -2.32. The molecule has 2 unspecified atom stereocenters. The molecule has 0 aromatic rings. The third-order valence-electron chi connectivity index (χ3n) is 3.27. The zero-order valence-electron chi connectivity index (χ0n) is 14.8. The van der Waals surface area contributed by atoms with E-state index in [-0.39, 0.29) is 18.9 Å². The number of nitrogens with one attached hydrogen (secondary N) is 2. The highest BCUT2D eigenvalue weighted by Gasteiger charge is 2.33. The average molecular weight is 383 g/mol. The summed E-state index contributed by atoms with van der Waals surface area (Å²) >= 11 is 1.66. The molecule has 0 saturated carbocycles. The first-order valence-electron chi connectivity index (χ1n) is 7.51. The minimum atomic E-state index is -3.60. The maximum atomic E-state index is 11.6. The maximum Gasteiger partial charge on any atom is 0.402 e. The van der Waals surface area contributed by atoms with Gasteiger partial charge >= 0.3 is 7.75 Å². The average Bonchev–Trinajstić information content (AvgIpc) is 2.52. The second-order valence-corrected chi connectivity index (χ2v) is 8.62. The molecule has 1 amide bonds. The van der Waals surface area contributed by atoms with Crippen molar-refractivity contribution in [3.05, 3.63) is 12.3 Å². The molecule has 0 heterocycles. The standard InChI is InChI=1S/C14H30N3O5PS/c1-11(16-7-6-12(18)17-8-9-24-5)13(19)14(2,3)10-22-23(15,20)21-4/h13,16,19H,1,6-10H2,2-5H3,(H2,15,20)(H,17,18). The lowest BCUT2D eigenvalue weighted by molar-refractivity contribution is -0.120. The molecule has 0 aliphatic heterocycles. The monoisotopic (exact) mass is 383 g/mol. The van der Waals surface area contributed by atoms with Crippen molar-refractivity contribution in [1.82, 2.24) is 10.6 Å². The number of hydrogen-bond acceptors (Lipinski definition) is 7. The van der Waals surface area contributed by atoms with E-state index in [4.69, 9.17) is 10.0 Å². The molecular formula is C14H30N3O5PS. The predicted molar refractivity (Wildman–Crippen MR) is 97.7 cm³/mol. The Bertz CT molecular complexity index is 462. The van der Waals surface area contributed by atoms with E-state index in [9.17, 15) is 14.5 Å². The van der Waals surface area contributed by atoms with Crippen molar-refractivity contribution in [2.24, 2.45) is 10.9 Å². The molecule has 0 radical (unpaired) electrons. The van der Waals surface area contributed by atoms with Crippen LogP contribution in [0.3, 0.4) is 0 Å². The molecule has 8 nitrogen and oxygen atoms in total. The Morgan fingerprint density at radius 2 is 2.04 bits per heavy atom. The molecule has 0 aliphatic rings. The summed E-state index contributed by atoms with van der Waals surface area (Å²) in [4.78, 5) is 11.6. The van der Waals surface area contributed by atoms with E-state index < -0.39 is 19.3 Å². The van der Waals surface area contributed by atoms with Crippen molar-refractivity contribution in [2.75, 3.05) is 38.8 Å². The van der Waals surface area contributed by atoms with Crippen molar-refractivity contribution in [3.8, 4) is 0 Å². The van der Waals surface area contributed by atoms with Gasteiger partial charge in [-0.25, -0.2) is 10.1 Å². The van der Waals surface area contributed by atoms with E-state index in [1.54, 1.807) is 25.6 Å². The third kappa shape index (κ3) is 9.66. The lowest BCUT2D eigenvalue weighted by Crippen LogP contribution is -2.40. The van der Waals surface area contributed by atoms with Gasteiger partial charge in [0, 0.05) is 43.5 Å². The van der Waals surface area contributed by atoms with Gasteiger partial charge in [0.1, 0.15) is 6.10 Å². The van der Waals surface area contributed by atoms with Crippen molar-refractivity contribution in [1.29, 1.82) is 0 Å². The molecule has 0 aromatic heterocycles. The fraction of sp³-hybridized carbons (Fsp3) is 0.786. The third-order valence-corrected chi connectivity index (χ3v) is 4.88. The Labute approximate surface area is 148 Å². The van der Waals surface area contributed by atoms with E-state index >= 15 is 0 Å². The van der Waals surface area contributed by atoms with Gasteiger partial charge in [0.2, 0.25) is 5.91 Å². The van der Waals surface area contributed by atoms with E-state index in [2.05, 4.69) is 21.7 Å². The second kappa shape index (κ2) is 11.1. The van der Waals surface area contributed by atoms with Gasteiger partial charge in [0.25, 0.3) is 0 Å². The predicted octanol–water partition coefficient (Wildman–Crippen LogP) is 1.08. The Hall–Kier alpha value is -0.570. The fourth-order valence-electron chi connectivity index (χ4n) is 1.67. The highest BCUT2D eigenvalue weighted by molar-refractivity contribution is 7.98. The van der Waals surface area contributed by atoms with Crippen molar-refractivity contribution in [3.63, 3.8) is 0 Å². The van der Waals surface area contributed by atoms with Gasteiger partial charge in [-0.05, 0) is 6.26 Å². The number of aliphatic hydroxyl groups is 1. The Morgan fingerprint density at radius 1 is 1.42 bits per heavy atom. The lowest BCUT2D eigenvalue weighted by atomic mass is 9.86. The molecule has 0 rings (SSSR count). The van der Waals surface area contributed by atoms with Crippen molar-refractivity contribution < 1.29 is 23.5 Å². The van der Waals surface area contributed by atoms with Crippen LogP contribution in [0.2, 0.25) is 0 Å². The largest absolute Gasteiger partial charge is 0.402 e. The highest BCUT2D eigenvalue weighted by atomic mass is 32.2. The van der Waals surface area contributed by atoms with Crippen LogP contribution in [0.1, 0.15) is 20.3 Å². The highest BCUT2D eigenvalue weighted by Crippen LogP contribution is 2.40. The Morgan fingerprint density at radius 3 is 2.58 bits per heavy atom. The van der Waals surface area contributed by atoms with Gasteiger partial charge in [-0.3, -0.25) is 9.32 Å². The summed E-state index contributed by atoms with van der Waals surface area (Å²) in [5.41, 5.74) is 4.87. The number of rotatable bonds is 13. The SMILES string of the molecule is C=C(NCCC(=O)NCCSC)C(O)C(C)(C)COP(N)(=O)OC. The van der Waals surface area contributed by atoms with Gasteiger partial charge in [0.15, 0.2) is 0 Å².